The van der Waals surface area contributed by atoms with Crippen LogP contribution in [0, 0.1) is 5.41 Å². The van der Waals surface area contributed by atoms with Gasteiger partial charge in [0.15, 0.2) is 18.4 Å². The van der Waals surface area contributed by atoms with E-state index in [2.05, 4.69) is 26.8 Å². The lowest BCUT2D eigenvalue weighted by Crippen LogP contribution is -2.62. The Morgan fingerprint density at radius 1 is 0.875 bits per heavy atom. The Hall–Kier alpha value is -3.08. The van der Waals surface area contributed by atoms with E-state index in [1.54, 1.807) is 23.6 Å². The zero-order valence-electron chi connectivity index (χ0n) is 23.8. The minimum atomic E-state index is -1.13. The van der Waals surface area contributed by atoms with Crippen LogP contribution in [0.1, 0.15) is 52.4 Å². The first kappa shape index (κ1) is 27.1. The highest BCUT2D eigenvalue weighted by atomic mass is 16.7. The number of rotatable bonds is 6. The molecule has 0 radical (unpaired) electrons. The zero-order chi connectivity index (χ0) is 27.9. The molecule has 6 heterocycles. The van der Waals surface area contributed by atoms with E-state index in [-0.39, 0.29) is 24.5 Å². The lowest BCUT2D eigenvalue weighted by Gasteiger charge is -2.42. The minimum absolute atomic E-state index is 0.136. The monoisotopic (exact) mass is 554 g/mol. The van der Waals surface area contributed by atoms with Crippen LogP contribution < -0.4 is 14.7 Å². The van der Waals surface area contributed by atoms with E-state index in [0.29, 0.717) is 32.7 Å². The molecule has 5 fully saturated rings. The summed E-state index contributed by atoms with van der Waals surface area (Å²) in [7, 11) is 0. The molecular weight excluding hydrogens is 512 g/mol. The van der Waals surface area contributed by atoms with Crippen molar-refractivity contribution in [2.45, 2.75) is 64.5 Å². The fraction of sp³-hybridized carbons (Fsp3) is 0.724. The number of anilines is 3. The SMILES string of the molecule is CC1(C)C(=O)C(OCOC(=O)N2CCN(c3nc(N4CCCC4)ccc3N3CCCC3)CC2)C2CCCN2C1=O. The Morgan fingerprint density at radius 2 is 1.55 bits per heavy atom. The van der Waals surface area contributed by atoms with Crippen molar-refractivity contribution in [3.63, 3.8) is 0 Å². The third kappa shape index (κ3) is 4.97. The van der Waals surface area contributed by atoms with Gasteiger partial charge in [0.2, 0.25) is 5.91 Å². The molecule has 0 bridgehead atoms. The van der Waals surface area contributed by atoms with Gasteiger partial charge in [-0.25, -0.2) is 9.78 Å². The highest BCUT2D eigenvalue weighted by Gasteiger charge is 2.54. The normalized spacial score (nSPS) is 26.6. The molecule has 5 saturated heterocycles. The number of amides is 2. The van der Waals surface area contributed by atoms with Crippen LogP contribution in [0.3, 0.4) is 0 Å². The number of piperazine rings is 1. The Bertz CT molecular complexity index is 1120. The molecule has 40 heavy (non-hydrogen) atoms. The van der Waals surface area contributed by atoms with Crippen LogP contribution in [0.25, 0.3) is 0 Å². The Balaban J connectivity index is 1.05. The molecule has 5 aliphatic rings. The van der Waals surface area contributed by atoms with Gasteiger partial charge in [-0.05, 0) is 64.5 Å². The summed E-state index contributed by atoms with van der Waals surface area (Å²) in [4.78, 5) is 54.3. The highest BCUT2D eigenvalue weighted by Crippen LogP contribution is 2.37. The number of carbonyl (C=O) groups excluding carboxylic acids is 3. The molecule has 0 aliphatic carbocycles. The number of ketones is 1. The fourth-order valence-electron chi connectivity index (χ4n) is 6.88. The number of hydrogen-bond acceptors (Lipinski definition) is 9. The van der Waals surface area contributed by atoms with Crippen LogP contribution in [0.5, 0.6) is 0 Å². The van der Waals surface area contributed by atoms with Crippen molar-refractivity contribution in [1.82, 2.24) is 14.8 Å². The van der Waals surface area contributed by atoms with Crippen LogP contribution in [0.4, 0.5) is 22.1 Å². The van der Waals surface area contributed by atoms with Gasteiger partial charge >= 0.3 is 6.09 Å². The third-order valence-electron chi connectivity index (χ3n) is 9.30. The Morgan fingerprint density at radius 3 is 2.25 bits per heavy atom. The number of piperidine rings is 1. The van der Waals surface area contributed by atoms with E-state index in [1.165, 1.54) is 31.4 Å². The van der Waals surface area contributed by atoms with Gasteiger partial charge in [-0.2, -0.15) is 0 Å². The number of fused-ring (bicyclic) bond motifs is 1. The number of Topliss-reactive ketones (excluding diaryl/α,β-unsaturated/α-hetero) is 1. The molecule has 1 aromatic rings. The summed E-state index contributed by atoms with van der Waals surface area (Å²) in [6.07, 6.45) is 5.18. The summed E-state index contributed by atoms with van der Waals surface area (Å²) >= 11 is 0. The van der Waals surface area contributed by atoms with Crippen LogP contribution in [0.2, 0.25) is 0 Å². The maximum absolute atomic E-state index is 13.0. The van der Waals surface area contributed by atoms with Crippen molar-refractivity contribution in [1.29, 1.82) is 0 Å². The van der Waals surface area contributed by atoms with Gasteiger partial charge in [0, 0.05) is 58.9 Å². The van der Waals surface area contributed by atoms with Gasteiger partial charge in [0.1, 0.15) is 17.3 Å². The number of ether oxygens (including phenoxy) is 2. The van der Waals surface area contributed by atoms with E-state index >= 15 is 0 Å². The van der Waals surface area contributed by atoms with E-state index in [9.17, 15) is 14.4 Å². The molecule has 6 rings (SSSR count). The van der Waals surface area contributed by atoms with Gasteiger partial charge in [-0.1, -0.05) is 0 Å². The largest absolute Gasteiger partial charge is 0.422 e. The maximum atomic E-state index is 13.0. The topological polar surface area (TPSA) is 98.8 Å². The van der Waals surface area contributed by atoms with E-state index < -0.39 is 17.6 Å². The molecule has 5 aliphatic heterocycles. The van der Waals surface area contributed by atoms with Crippen molar-refractivity contribution in [2.24, 2.45) is 5.41 Å². The van der Waals surface area contributed by atoms with Crippen LogP contribution in [0.15, 0.2) is 12.1 Å². The molecule has 11 nitrogen and oxygen atoms in total. The van der Waals surface area contributed by atoms with Crippen molar-refractivity contribution in [2.75, 3.05) is 80.4 Å². The first-order chi connectivity index (χ1) is 19.3. The van der Waals surface area contributed by atoms with Crippen molar-refractivity contribution >= 4 is 35.1 Å². The van der Waals surface area contributed by atoms with Crippen LogP contribution >= 0.6 is 0 Å². The van der Waals surface area contributed by atoms with E-state index in [4.69, 9.17) is 14.5 Å². The number of pyridine rings is 1. The van der Waals surface area contributed by atoms with Gasteiger partial charge in [0.25, 0.3) is 0 Å². The molecule has 0 saturated carbocycles. The first-order valence-corrected chi connectivity index (χ1v) is 15.0. The molecule has 1 aromatic heterocycles. The molecule has 2 atom stereocenters. The van der Waals surface area contributed by atoms with Crippen LogP contribution in [-0.2, 0) is 19.1 Å². The summed E-state index contributed by atoms with van der Waals surface area (Å²) in [5.41, 5.74) is 0.0595. The molecule has 0 N–H and O–H groups in total. The number of hydrogen-bond donors (Lipinski definition) is 0. The maximum Gasteiger partial charge on any atom is 0.412 e. The molecule has 0 spiro atoms. The quantitative estimate of drug-likeness (QED) is 0.388. The average molecular weight is 555 g/mol. The van der Waals surface area contributed by atoms with Crippen molar-refractivity contribution < 1.29 is 23.9 Å². The lowest BCUT2D eigenvalue weighted by atomic mass is 9.77. The first-order valence-electron chi connectivity index (χ1n) is 15.0. The summed E-state index contributed by atoms with van der Waals surface area (Å²) < 4.78 is 11.3. The summed E-state index contributed by atoms with van der Waals surface area (Å²) in [6.45, 7) is 10.2. The Labute approximate surface area is 236 Å². The molecular formula is C29H42N6O5. The molecule has 2 amide bonds. The summed E-state index contributed by atoms with van der Waals surface area (Å²) in [5, 5.41) is 0. The predicted molar refractivity (Wildman–Crippen MR) is 151 cm³/mol. The second-order valence-corrected chi connectivity index (χ2v) is 12.2. The summed E-state index contributed by atoms with van der Waals surface area (Å²) in [5.74, 6) is 1.68. The second-order valence-electron chi connectivity index (χ2n) is 12.2. The standard InChI is InChI=1S/C29H42N6O5/c1-29(2)25(36)24(21-8-7-15-35(21)27(29)37)39-20-40-28(38)34-18-16-33(17-19-34)26-22(31-11-3-4-12-31)9-10-23(30-26)32-13-5-6-14-32/h9-10,21,24H,3-8,11-20H2,1-2H3. The van der Waals surface area contributed by atoms with Gasteiger partial charge < -0.3 is 34.0 Å². The summed E-state index contributed by atoms with van der Waals surface area (Å²) in [6, 6.07) is 4.12. The smallest absolute Gasteiger partial charge is 0.412 e. The predicted octanol–water partition coefficient (Wildman–Crippen LogP) is 2.48. The highest BCUT2D eigenvalue weighted by molar-refractivity contribution is 6.10. The number of nitrogens with zero attached hydrogens (tertiary/aromatic N) is 6. The van der Waals surface area contributed by atoms with Crippen molar-refractivity contribution in [3.05, 3.63) is 12.1 Å². The molecule has 2 unspecified atom stereocenters. The van der Waals surface area contributed by atoms with Gasteiger partial charge in [-0.3, -0.25) is 9.59 Å². The molecule has 11 heteroatoms. The zero-order valence-corrected chi connectivity index (χ0v) is 23.8. The number of aromatic nitrogens is 1. The van der Waals surface area contributed by atoms with E-state index in [0.717, 1.165) is 50.7 Å². The van der Waals surface area contributed by atoms with Gasteiger partial charge in [0.05, 0.1) is 11.7 Å². The number of carbonyl (C=O) groups is 3. The van der Waals surface area contributed by atoms with Gasteiger partial charge in [-0.15, -0.1) is 0 Å². The lowest BCUT2D eigenvalue weighted by molar-refractivity contribution is -0.173. The fourth-order valence-corrected chi connectivity index (χ4v) is 6.88. The molecule has 0 aromatic carbocycles. The average Bonchev–Trinajstić information content (AvgIpc) is 3.77. The van der Waals surface area contributed by atoms with E-state index in [1.807, 2.05) is 0 Å². The second kappa shape index (κ2) is 11.1. The minimum Gasteiger partial charge on any atom is -0.422 e. The Kier molecular flexibility index (Phi) is 7.50. The molecule has 218 valence electrons. The van der Waals surface area contributed by atoms with Crippen LogP contribution in [-0.4, -0.2) is 110 Å². The van der Waals surface area contributed by atoms with Crippen molar-refractivity contribution in [3.8, 4) is 0 Å². The third-order valence-corrected chi connectivity index (χ3v) is 9.30.